The fraction of sp³-hybridized carbons (Fsp3) is 0.176. The minimum atomic E-state index is -0.833. The summed E-state index contributed by atoms with van der Waals surface area (Å²) in [7, 11) is 0. The fourth-order valence-electron chi connectivity index (χ4n) is 1.63. The highest BCUT2D eigenvalue weighted by Gasteiger charge is 2.04. The quantitative estimate of drug-likeness (QED) is 0.465. The van der Waals surface area contributed by atoms with E-state index in [9.17, 15) is 9.90 Å². The van der Waals surface area contributed by atoms with Crippen molar-refractivity contribution in [2.45, 2.75) is 12.8 Å². The number of carboxylic acids is 1. The molecule has 0 bridgehead atoms. The zero-order valence-electron chi connectivity index (χ0n) is 13.2. The number of halogens is 4. The maximum Gasteiger partial charge on any atom is 0.303 e. The third kappa shape index (κ3) is 7.83. The summed E-state index contributed by atoms with van der Waals surface area (Å²) in [5.41, 5.74) is 0.501. The van der Waals surface area contributed by atoms with E-state index in [1.807, 2.05) is 6.07 Å². The number of carboxylic acid groups (broad SMARTS) is 1. The van der Waals surface area contributed by atoms with Gasteiger partial charge in [0.25, 0.3) is 0 Å². The van der Waals surface area contributed by atoms with E-state index in [2.05, 4.69) is 31.9 Å². The molecule has 26 heavy (non-hydrogen) atoms. The van der Waals surface area contributed by atoms with E-state index < -0.39 is 5.97 Å². The van der Waals surface area contributed by atoms with Crippen molar-refractivity contribution in [3.05, 3.63) is 54.9 Å². The number of nitrogens with zero attached hydrogens (tertiary/aromatic N) is 1. The first-order valence-electron chi connectivity index (χ1n) is 7.12. The number of rotatable bonds is 5. The summed E-state index contributed by atoms with van der Waals surface area (Å²) in [6, 6.07) is 9.98. The van der Waals surface area contributed by atoms with Crippen molar-refractivity contribution in [2.24, 2.45) is 0 Å². The van der Waals surface area contributed by atoms with Crippen molar-refractivity contribution in [1.29, 1.82) is 5.26 Å². The molecule has 0 aliphatic carbocycles. The van der Waals surface area contributed by atoms with E-state index in [0.29, 0.717) is 43.3 Å². The van der Waals surface area contributed by atoms with Crippen LogP contribution in [0.1, 0.15) is 18.4 Å². The molecule has 0 unspecified atom stereocenters. The van der Waals surface area contributed by atoms with Crippen molar-refractivity contribution < 1.29 is 19.7 Å². The summed E-state index contributed by atoms with van der Waals surface area (Å²) in [5.74, 6) is -0.198. The third-order valence-electron chi connectivity index (χ3n) is 2.83. The van der Waals surface area contributed by atoms with E-state index in [0.717, 1.165) is 0 Å². The SMILES string of the molecule is N#Cc1cc(Br)c(O)c(Br)c1.O=C(O)CCCOc1ccc(Cl)cc1Cl. The molecule has 2 aromatic carbocycles. The number of aromatic hydroxyl groups is 1. The molecule has 9 heteroatoms. The zero-order chi connectivity index (χ0) is 19.7. The number of aliphatic carboxylic acids is 1. The second kappa shape index (κ2) is 11.3. The van der Waals surface area contributed by atoms with E-state index in [4.69, 9.17) is 38.3 Å². The van der Waals surface area contributed by atoms with Crippen molar-refractivity contribution in [3.63, 3.8) is 0 Å². The van der Waals surface area contributed by atoms with Gasteiger partial charge in [0.1, 0.15) is 11.5 Å². The molecule has 0 amide bonds. The summed E-state index contributed by atoms with van der Waals surface area (Å²) in [5, 5.41) is 27.1. The van der Waals surface area contributed by atoms with Gasteiger partial charge >= 0.3 is 5.97 Å². The number of phenols is 1. The van der Waals surface area contributed by atoms with Gasteiger partial charge in [-0.25, -0.2) is 0 Å². The molecule has 0 radical (unpaired) electrons. The van der Waals surface area contributed by atoms with Crippen molar-refractivity contribution >= 4 is 61.0 Å². The average molecular weight is 526 g/mol. The van der Waals surface area contributed by atoms with Crippen LogP contribution in [-0.2, 0) is 4.79 Å². The molecule has 0 heterocycles. The largest absolute Gasteiger partial charge is 0.506 e. The van der Waals surface area contributed by atoms with E-state index >= 15 is 0 Å². The van der Waals surface area contributed by atoms with Crippen LogP contribution in [0.5, 0.6) is 11.5 Å². The first-order chi connectivity index (χ1) is 12.2. The Kier molecular flexibility index (Phi) is 9.81. The zero-order valence-corrected chi connectivity index (χ0v) is 17.9. The van der Waals surface area contributed by atoms with Crippen LogP contribution < -0.4 is 4.74 Å². The summed E-state index contributed by atoms with van der Waals surface area (Å²) >= 11 is 17.8. The van der Waals surface area contributed by atoms with Gasteiger partial charge < -0.3 is 14.9 Å². The Morgan fingerprint density at radius 2 is 1.81 bits per heavy atom. The highest BCUT2D eigenvalue weighted by Crippen LogP contribution is 2.33. The Hall–Kier alpha value is -1.46. The van der Waals surface area contributed by atoms with Gasteiger partial charge in [-0.2, -0.15) is 5.26 Å². The molecule has 0 fully saturated rings. The maximum atomic E-state index is 10.2. The molecular weight excluding hydrogens is 513 g/mol. The van der Waals surface area contributed by atoms with Gasteiger partial charge in [-0.15, -0.1) is 0 Å². The van der Waals surface area contributed by atoms with Crippen LogP contribution in [-0.4, -0.2) is 22.8 Å². The smallest absolute Gasteiger partial charge is 0.303 e. The van der Waals surface area contributed by atoms with Gasteiger partial charge in [-0.3, -0.25) is 4.79 Å². The molecule has 0 atom stereocenters. The van der Waals surface area contributed by atoms with Crippen LogP contribution >= 0.6 is 55.1 Å². The van der Waals surface area contributed by atoms with Crippen molar-refractivity contribution in [1.82, 2.24) is 0 Å². The van der Waals surface area contributed by atoms with E-state index in [-0.39, 0.29) is 12.2 Å². The highest BCUT2D eigenvalue weighted by molar-refractivity contribution is 9.11. The Bertz CT molecular complexity index is 802. The lowest BCUT2D eigenvalue weighted by Gasteiger charge is -2.06. The second-order valence-electron chi connectivity index (χ2n) is 4.82. The van der Waals surface area contributed by atoms with Crippen LogP contribution in [0, 0.1) is 11.3 Å². The lowest BCUT2D eigenvalue weighted by molar-refractivity contribution is -0.137. The van der Waals surface area contributed by atoms with Gasteiger partial charge in [0.05, 0.1) is 32.2 Å². The number of hydrogen-bond donors (Lipinski definition) is 2. The second-order valence-corrected chi connectivity index (χ2v) is 7.37. The maximum absolute atomic E-state index is 10.2. The number of carbonyl (C=O) groups is 1. The Morgan fingerprint density at radius 1 is 1.19 bits per heavy atom. The molecule has 5 nitrogen and oxygen atoms in total. The standard InChI is InChI=1S/C10H10Cl2O3.C7H3Br2NO/c11-7-3-4-9(8(12)6-7)15-5-1-2-10(13)14;8-5-1-4(3-10)2-6(9)7(5)11/h3-4,6H,1-2,5H2,(H,13,14);1-2,11H. The van der Waals surface area contributed by atoms with Gasteiger partial charge in [0, 0.05) is 11.4 Å². The molecule has 0 saturated carbocycles. The van der Waals surface area contributed by atoms with Gasteiger partial charge in [-0.05, 0) is 68.6 Å². The normalized spacial score (nSPS) is 9.65. The lowest BCUT2D eigenvalue weighted by Crippen LogP contribution is -2.02. The Labute approximate surface area is 177 Å². The molecule has 0 saturated heterocycles. The first-order valence-corrected chi connectivity index (χ1v) is 9.46. The predicted octanol–water partition coefficient (Wildman–Crippen LogP) is 6.03. The summed E-state index contributed by atoms with van der Waals surface area (Å²) in [6.07, 6.45) is 0.541. The summed E-state index contributed by atoms with van der Waals surface area (Å²) in [6.45, 7) is 0.327. The summed E-state index contributed by atoms with van der Waals surface area (Å²) in [4.78, 5) is 10.2. The van der Waals surface area contributed by atoms with Crippen LogP contribution in [0.2, 0.25) is 10.0 Å². The van der Waals surface area contributed by atoms with Crippen LogP contribution in [0.4, 0.5) is 0 Å². The molecule has 138 valence electrons. The summed E-state index contributed by atoms with van der Waals surface area (Å²) < 4.78 is 6.32. The van der Waals surface area contributed by atoms with Crippen LogP contribution in [0.15, 0.2) is 39.3 Å². The molecule has 2 aromatic rings. The number of hydrogen-bond acceptors (Lipinski definition) is 4. The van der Waals surface area contributed by atoms with Crippen molar-refractivity contribution in [3.8, 4) is 17.6 Å². The number of nitriles is 1. The van der Waals surface area contributed by atoms with Crippen LogP contribution in [0.3, 0.4) is 0 Å². The topological polar surface area (TPSA) is 90.5 Å². The monoisotopic (exact) mass is 523 g/mol. The Balaban J connectivity index is 0.000000273. The molecule has 2 N–H and O–H groups in total. The van der Waals surface area contributed by atoms with Gasteiger partial charge in [-0.1, -0.05) is 23.2 Å². The molecule has 0 spiro atoms. The van der Waals surface area contributed by atoms with Crippen LogP contribution in [0.25, 0.3) is 0 Å². The highest BCUT2D eigenvalue weighted by atomic mass is 79.9. The fourth-order valence-corrected chi connectivity index (χ4v) is 3.28. The Morgan fingerprint density at radius 3 is 2.31 bits per heavy atom. The number of ether oxygens (including phenoxy) is 1. The molecule has 0 aromatic heterocycles. The number of phenolic OH excluding ortho intramolecular Hbond substituents is 1. The molecule has 0 aliphatic rings. The minimum absolute atomic E-state index is 0.0885. The van der Waals surface area contributed by atoms with Gasteiger partial charge in [0.15, 0.2) is 0 Å². The average Bonchev–Trinajstić information content (AvgIpc) is 2.58. The molecular formula is C17H13Br2Cl2NO4. The van der Waals surface area contributed by atoms with E-state index in [1.54, 1.807) is 30.3 Å². The first kappa shape index (κ1) is 22.6. The van der Waals surface area contributed by atoms with E-state index in [1.165, 1.54) is 0 Å². The molecule has 0 aliphatic heterocycles. The van der Waals surface area contributed by atoms with Crippen molar-refractivity contribution in [2.75, 3.05) is 6.61 Å². The third-order valence-corrected chi connectivity index (χ3v) is 4.57. The minimum Gasteiger partial charge on any atom is -0.506 e. The predicted molar refractivity (Wildman–Crippen MR) is 107 cm³/mol. The van der Waals surface area contributed by atoms with Gasteiger partial charge in [0.2, 0.25) is 0 Å². The lowest BCUT2D eigenvalue weighted by atomic mass is 10.2. The molecule has 2 rings (SSSR count). The number of benzene rings is 2.